The van der Waals surface area contributed by atoms with Gasteiger partial charge in [0, 0.05) is 24.7 Å². The van der Waals surface area contributed by atoms with Gasteiger partial charge in [-0.15, -0.1) is 0 Å². The van der Waals surface area contributed by atoms with Crippen LogP contribution in [0.2, 0.25) is 0 Å². The molecule has 0 radical (unpaired) electrons. The Labute approximate surface area is 215 Å². The largest absolute Gasteiger partial charge is 0.420 e. The van der Waals surface area contributed by atoms with Crippen molar-refractivity contribution in [2.24, 2.45) is 0 Å². The van der Waals surface area contributed by atoms with E-state index >= 15 is 0 Å². The molecule has 8 nitrogen and oxygen atoms in total. The molecule has 0 amide bonds. The van der Waals surface area contributed by atoms with E-state index in [2.05, 4.69) is 25.3 Å². The Balaban J connectivity index is 1.63. The zero-order valence-corrected chi connectivity index (χ0v) is 21.2. The number of aromatic nitrogens is 2. The molecule has 2 aromatic carbocycles. The Morgan fingerprint density at radius 1 is 1.00 bits per heavy atom. The van der Waals surface area contributed by atoms with Gasteiger partial charge in [0.2, 0.25) is 40.8 Å². The SMILES string of the molecule is Cc1cnc(NCCCC(=O)Oc2c(F)c(F)c(F)c(F)c2F)nc1Nc1ccccc1S(=O)(=O)C(C)C. The van der Waals surface area contributed by atoms with E-state index in [0.717, 1.165) is 0 Å². The van der Waals surface area contributed by atoms with Crippen LogP contribution in [-0.4, -0.2) is 36.1 Å². The molecule has 3 aromatic rings. The molecule has 0 bridgehead atoms. The van der Waals surface area contributed by atoms with Crippen LogP contribution >= 0.6 is 0 Å². The van der Waals surface area contributed by atoms with Crippen molar-refractivity contribution in [2.45, 2.75) is 43.8 Å². The molecule has 3 rings (SSSR count). The Morgan fingerprint density at radius 2 is 1.61 bits per heavy atom. The van der Waals surface area contributed by atoms with Gasteiger partial charge in [-0.25, -0.2) is 26.6 Å². The minimum absolute atomic E-state index is 0.0314. The number of anilines is 3. The smallest absolute Gasteiger partial charge is 0.311 e. The molecule has 0 aliphatic rings. The summed E-state index contributed by atoms with van der Waals surface area (Å²) in [5, 5.41) is 5.18. The summed E-state index contributed by atoms with van der Waals surface area (Å²) in [6.45, 7) is 4.93. The zero-order chi connectivity index (χ0) is 28.2. The standard InChI is InChI=1S/C24H23F5N4O4S/c1-12(2)38(35,36)15-8-5-4-7-14(15)32-23-13(3)11-31-24(33-23)30-10-6-9-16(34)37-22-20(28)18(26)17(25)19(27)21(22)29/h4-5,7-8,11-12H,6,9-10H2,1-3H3,(H2,30,31,32,33). The second kappa shape index (κ2) is 11.7. The zero-order valence-electron chi connectivity index (χ0n) is 20.4. The fourth-order valence-corrected chi connectivity index (χ4v) is 4.33. The molecule has 0 aliphatic heterocycles. The summed E-state index contributed by atoms with van der Waals surface area (Å²) in [6, 6.07) is 6.36. The first-order chi connectivity index (χ1) is 17.8. The van der Waals surface area contributed by atoms with E-state index in [0.29, 0.717) is 17.1 Å². The summed E-state index contributed by atoms with van der Waals surface area (Å²) in [4.78, 5) is 20.4. The number of benzene rings is 2. The minimum Gasteiger partial charge on any atom is -0.420 e. The molecule has 0 aliphatic carbocycles. The number of sulfone groups is 1. The molecule has 2 N–H and O–H groups in total. The molecule has 38 heavy (non-hydrogen) atoms. The molecule has 0 spiro atoms. The van der Waals surface area contributed by atoms with Gasteiger partial charge in [-0.2, -0.15) is 13.8 Å². The summed E-state index contributed by atoms with van der Waals surface area (Å²) in [5.74, 6) is -13.7. The number of aryl methyl sites for hydroxylation is 1. The monoisotopic (exact) mass is 558 g/mol. The lowest BCUT2D eigenvalue weighted by Crippen LogP contribution is -2.16. The average Bonchev–Trinajstić information content (AvgIpc) is 2.88. The Kier molecular flexibility index (Phi) is 8.86. The van der Waals surface area contributed by atoms with Crippen LogP contribution in [0, 0.1) is 36.0 Å². The van der Waals surface area contributed by atoms with Gasteiger partial charge < -0.3 is 15.4 Å². The summed E-state index contributed by atoms with van der Waals surface area (Å²) in [5.41, 5.74) is 0.934. The predicted molar refractivity (Wildman–Crippen MR) is 128 cm³/mol. The number of carbonyl (C=O) groups excluding carboxylic acids is 1. The van der Waals surface area contributed by atoms with Gasteiger partial charge in [0.25, 0.3) is 0 Å². The van der Waals surface area contributed by atoms with Gasteiger partial charge in [-0.1, -0.05) is 12.1 Å². The number of hydrogen-bond donors (Lipinski definition) is 2. The van der Waals surface area contributed by atoms with Crippen molar-refractivity contribution in [2.75, 3.05) is 17.2 Å². The van der Waals surface area contributed by atoms with Crippen molar-refractivity contribution in [3.05, 3.63) is 65.1 Å². The lowest BCUT2D eigenvalue weighted by atomic mass is 10.2. The first-order valence-electron chi connectivity index (χ1n) is 11.2. The van der Waals surface area contributed by atoms with Crippen molar-refractivity contribution in [3.63, 3.8) is 0 Å². The van der Waals surface area contributed by atoms with Gasteiger partial charge in [0.05, 0.1) is 15.8 Å². The molecule has 0 unspecified atom stereocenters. The number of carbonyl (C=O) groups is 1. The highest BCUT2D eigenvalue weighted by Crippen LogP contribution is 2.30. The van der Waals surface area contributed by atoms with E-state index in [1.165, 1.54) is 12.3 Å². The van der Waals surface area contributed by atoms with Gasteiger partial charge >= 0.3 is 5.97 Å². The first kappa shape index (κ1) is 28.8. The maximum absolute atomic E-state index is 13.7. The third kappa shape index (κ3) is 6.18. The summed E-state index contributed by atoms with van der Waals surface area (Å²) in [7, 11) is -3.58. The topological polar surface area (TPSA) is 110 Å². The van der Waals surface area contributed by atoms with E-state index in [9.17, 15) is 35.2 Å². The number of para-hydroxylation sites is 1. The van der Waals surface area contributed by atoms with E-state index in [1.807, 2.05) is 0 Å². The van der Waals surface area contributed by atoms with E-state index in [4.69, 9.17) is 0 Å². The van der Waals surface area contributed by atoms with Crippen LogP contribution in [0.5, 0.6) is 5.75 Å². The van der Waals surface area contributed by atoms with Crippen LogP contribution < -0.4 is 15.4 Å². The highest BCUT2D eigenvalue weighted by Gasteiger charge is 2.28. The number of ether oxygens (including phenoxy) is 1. The summed E-state index contributed by atoms with van der Waals surface area (Å²) in [6.07, 6.45) is 1.09. The van der Waals surface area contributed by atoms with Gasteiger partial charge in [0.1, 0.15) is 5.82 Å². The number of hydrogen-bond acceptors (Lipinski definition) is 8. The average molecular weight is 559 g/mol. The number of esters is 1. The quantitative estimate of drug-likeness (QED) is 0.0873. The first-order valence-corrected chi connectivity index (χ1v) is 12.8. The lowest BCUT2D eigenvalue weighted by Gasteiger charge is -2.15. The van der Waals surface area contributed by atoms with Crippen molar-refractivity contribution in [1.29, 1.82) is 0 Å². The van der Waals surface area contributed by atoms with E-state index in [-0.39, 0.29) is 23.8 Å². The van der Waals surface area contributed by atoms with Crippen LogP contribution in [0.4, 0.5) is 39.4 Å². The predicted octanol–water partition coefficient (Wildman–Crippen LogP) is 5.20. The second-order valence-corrected chi connectivity index (χ2v) is 10.8. The Bertz CT molecular complexity index is 1440. The van der Waals surface area contributed by atoms with Crippen LogP contribution in [-0.2, 0) is 14.6 Å². The molecule has 1 aromatic heterocycles. The number of halogens is 5. The number of nitrogens with one attached hydrogen (secondary N) is 2. The highest BCUT2D eigenvalue weighted by molar-refractivity contribution is 7.92. The Morgan fingerprint density at radius 3 is 2.24 bits per heavy atom. The van der Waals surface area contributed by atoms with E-state index in [1.54, 1.807) is 39.0 Å². The van der Waals surface area contributed by atoms with Crippen molar-refractivity contribution >= 4 is 33.3 Å². The maximum atomic E-state index is 13.7. The third-order valence-corrected chi connectivity index (χ3v) is 7.48. The molecule has 0 saturated carbocycles. The van der Waals surface area contributed by atoms with Crippen LogP contribution in [0.3, 0.4) is 0 Å². The van der Waals surface area contributed by atoms with Crippen molar-refractivity contribution < 1.29 is 39.9 Å². The van der Waals surface area contributed by atoms with Crippen molar-refractivity contribution in [3.8, 4) is 5.75 Å². The van der Waals surface area contributed by atoms with Gasteiger partial charge in [-0.05, 0) is 39.3 Å². The lowest BCUT2D eigenvalue weighted by molar-refractivity contribution is -0.134. The third-order valence-electron chi connectivity index (χ3n) is 5.27. The van der Waals surface area contributed by atoms with Crippen LogP contribution in [0.1, 0.15) is 32.3 Å². The molecule has 0 saturated heterocycles. The molecule has 14 heteroatoms. The fraction of sp³-hybridized carbons (Fsp3) is 0.292. The normalized spacial score (nSPS) is 11.5. The van der Waals surface area contributed by atoms with Crippen LogP contribution in [0.25, 0.3) is 0 Å². The van der Waals surface area contributed by atoms with Gasteiger partial charge in [0.15, 0.2) is 9.84 Å². The molecular weight excluding hydrogens is 535 g/mol. The van der Waals surface area contributed by atoms with Gasteiger partial charge in [-0.3, -0.25) is 4.79 Å². The molecular formula is C24H23F5N4O4S. The van der Waals surface area contributed by atoms with Crippen molar-refractivity contribution in [1.82, 2.24) is 9.97 Å². The second-order valence-electron chi connectivity index (χ2n) is 8.34. The molecule has 0 atom stereocenters. The minimum atomic E-state index is -3.58. The summed E-state index contributed by atoms with van der Waals surface area (Å²) < 4.78 is 96.7. The Hall–Kier alpha value is -3.81. The van der Waals surface area contributed by atoms with E-state index < -0.39 is 62.3 Å². The molecule has 1 heterocycles. The highest BCUT2D eigenvalue weighted by atomic mass is 32.2. The fourth-order valence-electron chi connectivity index (χ4n) is 3.13. The summed E-state index contributed by atoms with van der Waals surface area (Å²) >= 11 is 0. The molecule has 204 valence electrons. The number of nitrogens with zero attached hydrogens (tertiary/aromatic N) is 2. The van der Waals surface area contributed by atoms with Crippen LogP contribution in [0.15, 0.2) is 35.4 Å². The molecule has 0 fully saturated rings. The number of rotatable bonds is 10. The maximum Gasteiger partial charge on any atom is 0.311 e.